The van der Waals surface area contributed by atoms with Crippen LogP contribution in [0.4, 0.5) is 0 Å². The molecule has 0 aliphatic heterocycles. The van der Waals surface area contributed by atoms with E-state index < -0.39 is 0 Å². The molecule has 0 spiro atoms. The van der Waals surface area contributed by atoms with Crippen LogP contribution in [0, 0.1) is 17.2 Å². The van der Waals surface area contributed by atoms with E-state index in [2.05, 4.69) is 18.3 Å². The fourth-order valence-electron chi connectivity index (χ4n) is 1.80. The Morgan fingerprint density at radius 1 is 1.45 bits per heavy atom. The molecule has 0 saturated heterocycles. The van der Waals surface area contributed by atoms with Crippen molar-refractivity contribution in [1.82, 2.24) is 5.32 Å². The van der Waals surface area contributed by atoms with Gasteiger partial charge in [-0.25, -0.2) is 0 Å². The fraction of sp³-hybridized carbons (Fsp3) is 0.889. The molecule has 2 atom stereocenters. The number of hydrogen-bond donors (Lipinski definition) is 1. The highest BCUT2D eigenvalue weighted by Gasteiger charge is 2.19. The minimum Gasteiger partial charge on any atom is -0.301 e. The predicted octanol–water partition coefficient (Wildman–Crippen LogP) is 1.68. The molecule has 62 valence electrons. The maximum absolute atomic E-state index is 8.37. The van der Waals surface area contributed by atoms with Gasteiger partial charge in [0.25, 0.3) is 0 Å². The van der Waals surface area contributed by atoms with E-state index in [0.717, 1.165) is 5.92 Å². The van der Waals surface area contributed by atoms with E-state index in [1.165, 1.54) is 25.7 Å². The minimum absolute atomic E-state index is 0.509. The van der Waals surface area contributed by atoms with E-state index in [0.29, 0.717) is 12.6 Å². The Balaban J connectivity index is 2.25. The van der Waals surface area contributed by atoms with E-state index in [-0.39, 0.29) is 0 Å². The van der Waals surface area contributed by atoms with Crippen LogP contribution in [-0.2, 0) is 0 Å². The topological polar surface area (TPSA) is 35.8 Å². The second-order valence-corrected chi connectivity index (χ2v) is 3.41. The Morgan fingerprint density at radius 2 is 2.18 bits per heavy atom. The van der Waals surface area contributed by atoms with Crippen molar-refractivity contribution in [1.29, 1.82) is 5.26 Å². The standard InChI is InChI=1S/C9H16N2/c1-8-4-2-3-5-9(8)11-7-6-10/h8-9,11H,2-5,7H2,1H3. The van der Waals surface area contributed by atoms with E-state index in [1.807, 2.05) is 0 Å². The lowest BCUT2D eigenvalue weighted by Gasteiger charge is -2.28. The van der Waals surface area contributed by atoms with Gasteiger partial charge in [-0.2, -0.15) is 5.26 Å². The van der Waals surface area contributed by atoms with Gasteiger partial charge in [0.15, 0.2) is 0 Å². The highest BCUT2D eigenvalue weighted by molar-refractivity contribution is 4.82. The molecule has 2 heteroatoms. The Bertz CT molecular complexity index is 148. The van der Waals surface area contributed by atoms with Crippen molar-refractivity contribution < 1.29 is 0 Å². The van der Waals surface area contributed by atoms with Gasteiger partial charge in [-0.3, -0.25) is 0 Å². The molecule has 1 fully saturated rings. The summed E-state index contributed by atoms with van der Waals surface area (Å²) in [5.74, 6) is 0.761. The number of nitrogens with zero attached hydrogens (tertiary/aromatic N) is 1. The first kappa shape index (κ1) is 8.55. The molecule has 2 nitrogen and oxygen atoms in total. The minimum atomic E-state index is 0.509. The summed E-state index contributed by atoms with van der Waals surface area (Å²) in [4.78, 5) is 0. The number of nitrogens with one attached hydrogen (secondary N) is 1. The molecule has 0 bridgehead atoms. The van der Waals surface area contributed by atoms with Crippen molar-refractivity contribution in [2.75, 3.05) is 6.54 Å². The highest BCUT2D eigenvalue weighted by atomic mass is 14.9. The second-order valence-electron chi connectivity index (χ2n) is 3.41. The molecular weight excluding hydrogens is 136 g/mol. The zero-order valence-electron chi connectivity index (χ0n) is 7.14. The van der Waals surface area contributed by atoms with E-state index in [1.54, 1.807) is 0 Å². The van der Waals surface area contributed by atoms with Crippen LogP contribution in [0.3, 0.4) is 0 Å². The molecule has 1 aliphatic carbocycles. The van der Waals surface area contributed by atoms with Gasteiger partial charge in [0.2, 0.25) is 0 Å². The lowest BCUT2D eigenvalue weighted by atomic mass is 9.86. The van der Waals surface area contributed by atoms with Crippen molar-refractivity contribution in [3.05, 3.63) is 0 Å². The molecule has 11 heavy (non-hydrogen) atoms. The third-order valence-electron chi connectivity index (χ3n) is 2.55. The quantitative estimate of drug-likeness (QED) is 0.611. The predicted molar refractivity (Wildman–Crippen MR) is 45.0 cm³/mol. The van der Waals surface area contributed by atoms with Crippen molar-refractivity contribution in [3.8, 4) is 6.07 Å². The van der Waals surface area contributed by atoms with Gasteiger partial charge in [-0.1, -0.05) is 19.8 Å². The summed E-state index contributed by atoms with van der Waals surface area (Å²) in [5, 5.41) is 11.6. The van der Waals surface area contributed by atoms with Gasteiger partial charge < -0.3 is 5.32 Å². The van der Waals surface area contributed by atoms with Crippen molar-refractivity contribution in [3.63, 3.8) is 0 Å². The third-order valence-corrected chi connectivity index (χ3v) is 2.55. The first-order valence-electron chi connectivity index (χ1n) is 4.45. The fourth-order valence-corrected chi connectivity index (χ4v) is 1.80. The molecule has 0 radical (unpaired) electrons. The molecule has 1 rings (SSSR count). The maximum Gasteiger partial charge on any atom is 0.0843 e. The van der Waals surface area contributed by atoms with Gasteiger partial charge in [-0.15, -0.1) is 0 Å². The first-order valence-corrected chi connectivity index (χ1v) is 4.45. The molecule has 1 saturated carbocycles. The smallest absolute Gasteiger partial charge is 0.0843 e. The highest BCUT2D eigenvalue weighted by Crippen LogP contribution is 2.23. The third kappa shape index (κ3) is 2.51. The molecule has 0 amide bonds. The van der Waals surface area contributed by atoms with Crippen LogP contribution in [0.2, 0.25) is 0 Å². The van der Waals surface area contributed by atoms with Crippen LogP contribution < -0.4 is 5.32 Å². The van der Waals surface area contributed by atoms with Crippen LogP contribution in [0.1, 0.15) is 32.6 Å². The number of nitriles is 1. The summed E-state index contributed by atoms with van der Waals surface area (Å²) in [6, 6.07) is 2.72. The molecule has 1 N–H and O–H groups in total. The van der Waals surface area contributed by atoms with Crippen molar-refractivity contribution in [2.24, 2.45) is 5.92 Å². The summed E-state index contributed by atoms with van der Waals surface area (Å²) >= 11 is 0. The zero-order chi connectivity index (χ0) is 8.10. The summed E-state index contributed by atoms with van der Waals surface area (Å²) in [7, 11) is 0. The van der Waals surface area contributed by atoms with Crippen LogP contribution >= 0.6 is 0 Å². The molecular formula is C9H16N2. The summed E-state index contributed by atoms with van der Waals surface area (Å²) in [6.45, 7) is 2.78. The van der Waals surface area contributed by atoms with Crippen LogP contribution in [0.15, 0.2) is 0 Å². The lowest BCUT2D eigenvalue weighted by molar-refractivity contribution is 0.289. The van der Waals surface area contributed by atoms with Crippen molar-refractivity contribution >= 4 is 0 Å². The van der Waals surface area contributed by atoms with Crippen molar-refractivity contribution in [2.45, 2.75) is 38.6 Å². The lowest BCUT2D eigenvalue weighted by Crippen LogP contribution is -2.37. The van der Waals surface area contributed by atoms with Gasteiger partial charge in [0.1, 0.15) is 0 Å². The average molecular weight is 152 g/mol. The van der Waals surface area contributed by atoms with Gasteiger partial charge in [0, 0.05) is 6.04 Å². The van der Waals surface area contributed by atoms with Gasteiger partial charge >= 0.3 is 0 Å². The normalized spacial score (nSPS) is 31.3. The first-order chi connectivity index (χ1) is 5.34. The molecule has 2 unspecified atom stereocenters. The molecule has 0 aromatic carbocycles. The Hall–Kier alpha value is -0.550. The summed E-state index contributed by atoms with van der Waals surface area (Å²) < 4.78 is 0. The monoisotopic (exact) mass is 152 g/mol. The van der Waals surface area contributed by atoms with Gasteiger partial charge in [0.05, 0.1) is 12.6 Å². The molecule has 1 aliphatic rings. The van der Waals surface area contributed by atoms with Gasteiger partial charge in [-0.05, 0) is 18.8 Å². The van der Waals surface area contributed by atoms with Crippen LogP contribution in [-0.4, -0.2) is 12.6 Å². The summed E-state index contributed by atoms with van der Waals surface area (Å²) in [5.41, 5.74) is 0. The zero-order valence-corrected chi connectivity index (χ0v) is 7.14. The van der Waals surface area contributed by atoms with Crippen LogP contribution in [0.5, 0.6) is 0 Å². The SMILES string of the molecule is CC1CCCCC1NCC#N. The Morgan fingerprint density at radius 3 is 2.82 bits per heavy atom. The largest absolute Gasteiger partial charge is 0.301 e. The molecule has 0 aromatic heterocycles. The molecule has 0 aromatic rings. The molecule has 0 heterocycles. The average Bonchev–Trinajstić information content (AvgIpc) is 2.03. The van der Waals surface area contributed by atoms with E-state index >= 15 is 0 Å². The number of hydrogen-bond acceptors (Lipinski definition) is 2. The summed E-state index contributed by atoms with van der Waals surface area (Å²) in [6.07, 6.45) is 5.27. The van der Waals surface area contributed by atoms with E-state index in [9.17, 15) is 0 Å². The second kappa shape index (κ2) is 4.35. The van der Waals surface area contributed by atoms with Crippen LogP contribution in [0.25, 0.3) is 0 Å². The maximum atomic E-state index is 8.37. The number of rotatable bonds is 2. The Labute approximate surface area is 68.6 Å². The van der Waals surface area contributed by atoms with E-state index in [4.69, 9.17) is 5.26 Å². The Kier molecular flexibility index (Phi) is 3.38.